The number of amides is 1. The standard InChI is InChI=1S/C25H22N4O3S/c1-2-21(17-12-14-19(30)15-13-17)27-28-23(31)16-33-25-26-22-11-7-6-10-20(22)24(32)29(25)18-8-4-3-5-9-18/h2-15,27,30H,16H2,1H3,(H,28,31). The first-order chi connectivity index (χ1) is 16.1. The monoisotopic (exact) mass is 458 g/mol. The molecule has 0 fully saturated rings. The molecular weight excluding hydrogens is 436 g/mol. The van der Waals surface area contributed by atoms with Gasteiger partial charge in [-0.15, -0.1) is 0 Å². The molecule has 0 saturated carbocycles. The average Bonchev–Trinajstić information content (AvgIpc) is 2.85. The molecule has 0 bridgehead atoms. The van der Waals surface area contributed by atoms with Crippen LogP contribution in [0.2, 0.25) is 0 Å². The quantitative estimate of drug-likeness (QED) is 0.221. The van der Waals surface area contributed by atoms with Crippen molar-refractivity contribution in [2.45, 2.75) is 12.1 Å². The molecule has 0 spiro atoms. The number of phenols is 1. The van der Waals surface area contributed by atoms with Gasteiger partial charge in [-0.2, -0.15) is 0 Å². The second-order valence-corrected chi connectivity index (χ2v) is 8.04. The van der Waals surface area contributed by atoms with Crippen LogP contribution in [0.3, 0.4) is 0 Å². The average molecular weight is 459 g/mol. The van der Waals surface area contributed by atoms with Crippen molar-refractivity contribution in [2.24, 2.45) is 0 Å². The number of thioether (sulfide) groups is 1. The number of rotatable bonds is 7. The molecule has 8 heteroatoms. The van der Waals surface area contributed by atoms with Crippen LogP contribution in [0.5, 0.6) is 5.75 Å². The Morgan fingerprint density at radius 2 is 1.70 bits per heavy atom. The maximum absolute atomic E-state index is 13.2. The molecule has 1 amide bonds. The van der Waals surface area contributed by atoms with E-state index < -0.39 is 0 Å². The Morgan fingerprint density at radius 1 is 1.00 bits per heavy atom. The molecule has 0 atom stereocenters. The Balaban J connectivity index is 1.52. The Bertz CT molecular complexity index is 1370. The highest BCUT2D eigenvalue weighted by molar-refractivity contribution is 7.99. The van der Waals surface area contributed by atoms with Gasteiger partial charge in [-0.1, -0.05) is 48.2 Å². The van der Waals surface area contributed by atoms with E-state index in [1.165, 1.54) is 16.3 Å². The fourth-order valence-electron chi connectivity index (χ4n) is 3.27. The number of hydrogen-bond acceptors (Lipinski definition) is 6. The normalized spacial score (nSPS) is 11.4. The predicted octanol–water partition coefficient (Wildman–Crippen LogP) is 3.87. The van der Waals surface area contributed by atoms with Gasteiger partial charge in [0.1, 0.15) is 5.75 Å². The van der Waals surface area contributed by atoms with E-state index in [0.29, 0.717) is 27.4 Å². The third-order valence-electron chi connectivity index (χ3n) is 4.90. The highest BCUT2D eigenvalue weighted by atomic mass is 32.2. The van der Waals surface area contributed by atoms with Crippen molar-refractivity contribution in [3.05, 3.63) is 101 Å². The molecule has 3 N–H and O–H groups in total. The summed E-state index contributed by atoms with van der Waals surface area (Å²) in [5.41, 5.74) is 8.17. The number of nitrogens with one attached hydrogen (secondary N) is 2. The summed E-state index contributed by atoms with van der Waals surface area (Å²) in [6.07, 6.45) is 1.82. The van der Waals surface area contributed by atoms with E-state index in [9.17, 15) is 14.7 Å². The van der Waals surface area contributed by atoms with Crippen molar-refractivity contribution in [3.63, 3.8) is 0 Å². The molecular formula is C25H22N4O3S. The lowest BCUT2D eigenvalue weighted by Gasteiger charge is -2.14. The van der Waals surface area contributed by atoms with Crippen LogP contribution in [0.15, 0.2) is 94.9 Å². The molecule has 0 aliphatic heterocycles. The van der Waals surface area contributed by atoms with Gasteiger partial charge in [0.15, 0.2) is 5.16 Å². The molecule has 166 valence electrons. The predicted molar refractivity (Wildman–Crippen MR) is 131 cm³/mol. The van der Waals surface area contributed by atoms with E-state index in [2.05, 4.69) is 15.8 Å². The third-order valence-corrected chi connectivity index (χ3v) is 5.83. The number of benzene rings is 3. The summed E-state index contributed by atoms with van der Waals surface area (Å²) in [6.45, 7) is 1.84. The van der Waals surface area contributed by atoms with E-state index in [1.54, 1.807) is 42.5 Å². The van der Waals surface area contributed by atoms with Gasteiger partial charge >= 0.3 is 0 Å². The number of fused-ring (bicyclic) bond motifs is 1. The second-order valence-electron chi connectivity index (χ2n) is 7.10. The Hall–Kier alpha value is -4.04. The third kappa shape index (κ3) is 5.07. The first-order valence-electron chi connectivity index (χ1n) is 10.3. The lowest BCUT2D eigenvalue weighted by atomic mass is 10.1. The molecule has 3 aromatic carbocycles. The molecule has 7 nitrogen and oxygen atoms in total. The van der Waals surface area contributed by atoms with Crippen molar-refractivity contribution in [1.29, 1.82) is 0 Å². The number of carbonyl (C=O) groups excluding carboxylic acids is 1. The lowest BCUT2D eigenvalue weighted by Crippen LogP contribution is -2.37. The van der Waals surface area contributed by atoms with Crippen molar-refractivity contribution in [1.82, 2.24) is 20.4 Å². The zero-order valence-corrected chi connectivity index (χ0v) is 18.7. The smallest absolute Gasteiger partial charge is 0.266 e. The molecule has 0 radical (unpaired) electrons. The van der Waals surface area contributed by atoms with E-state index in [1.807, 2.05) is 49.4 Å². The fraction of sp³-hybridized carbons (Fsp3) is 0.0800. The highest BCUT2D eigenvalue weighted by Gasteiger charge is 2.15. The van der Waals surface area contributed by atoms with Gasteiger partial charge in [-0.3, -0.25) is 25.0 Å². The maximum Gasteiger partial charge on any atom is 0.266 e. The summed E-state index contributed by atoms with van der Waals surface area (Å²) in [5.74, 6) is -0.0564. The van der Waals surface area contributed by atoms with Crippen LogP contribution >= 0.6 is 11.8 Å². The number of aromatic nitrogens is 2. The Morgan fingerprint density at radius 3 is 2.42 bits per heavy atom. The van der Waals surface area contributed by atoms with Crippen molar-refractivity contribution in [2.75, 3.05) is 5.75 Å². The number of nitrogens with zero attached hydrogens (tertiary/aromatic N) is 2. The van der Waals surface area contributed by atoms with Gasteiger partial charge in [0.2, 0.25) is 5.91 Å². The second kappa shape index (κ2) is 10.1. The number of carbonyl (C=O) groups is 1. The van der Waals surface area contributed by atoms with Crippen LogP contribution in [0.4, 0.5) is 0 Å². The molecule has 1 aromatic heterocycles. The lowest BCUT2D eigenvalue weighted by molar-refractivity contribution is -0.119. The van der Waals surface area contributed by atoms with E-state index >= 15 is 0 Å². The van der Waals surface area contributed by atoms with Gasteiger partial charge < -0.3 is 5.11 Å². The molecule has 4 aromatic rings. The van der Waals surface area contributed by atoms with Crippen LogP contribution in [0, 0.1) is 0 Å². The number of para-hydroxylation sites is 2. The summed E-state index contributed by atoms with van der Waals surface area (Å²) >= 11 is 1.18. The number of allylic oxidation sites excluding steroid dienone is 1. The van der Waals surface area contributed by atoms with Crippen LogP contribution in [0.1, 0.15) is 12.5 Å². The summed E-state index contributed by atoms with van der Waals surface area (Å²) in [6, 6.07) is 23.1. The summed E-state index contributed by atoms with van der Waals surface area (Å²) < 4.78 is 1.53. The first-order valence-corrected chi connectivity index (χ1v) is 11.3. The van der Waals surface area contributed by atoms with E-state index in [0.717, 1.165) is 5.56 Å². The number of hydrogen-bond donors (Lipinski definition) is 3. The van der Waals surface area contributed by atoms with Crippen molar-refractivity contribution < 1.29 is 9.90 Å². The summed E-state index contributed by atoms with van der Waals surface area (Å²) in [5, 5.41) is 10.4. The number of hydrazine groups is 1. The van der Waals surface area contributed by atoms with Gasteiger partial charge in [0.05, 0.1) is 28.0 Å². The summed E-state index contributed by atoms with van der Waals surface area (Å²) in [7, 11) is 0. The molecule has 0 saturated heterocycles. The minimum absolute atomic E-state index is 0.0528. The van der Waals surface area contributed by atoms with Gasteiger partial charge in [0.25, 0.3) is 5.56 Å². The SMILES string of the molecule is CC=C(NNC(=O)CSc1nc2ccccc2c(=O)n1-c1ccccc1)c1ccc(O)cc1. The van der Waals surface area contributed by atoms with Gasteiger partial charge in [-0.25, -0.2) is 4.98 Å². The Labute approximate surface area is 194 Å². The molecule has 33 heavy (non-hydrogen) atoms. The topological polar surface area (TPSA) is 96.3 Å². The first kappa shape index (κ1) is 22.2. The molecule has 4 rings (SSSR count). The number of aromatic hydroxyl groups is 1. The molecule has 1 heterocycles. The molecule has 0 aliphatic rings. The van der Waals surface area contributed by atoms with Crippen molar-refractivity contribution >= 4 is 34.3 Å². The zero-order chi connectivity index (χ0) is 23.2. The Kier molecular flexibility index (Phi) is 6.75. The minimum Gasteiger partial charge on any atom is -0.508 e. The van der Waals surface area contributed by atoms with Crippen LogP contribution in [-0.2, 0) is 4.79 Å². The maximum atomic E-state index is 13.2. The van der Waals surface area contributed by atoms with E-state index in [-0.39, 0.29) is 23.0 Å². The molecule has 0 aliphatic carbocycles. The molecule has 0 unspecified atom stereocenters. The van der Waals surface area contributed by atoms with Gasteiger partial charge in [0, 0.05) is 0 Å². The van der Waals surface area contributed by atoms with Crippen LogP contribution in [0.25, 0.3) is 22.3 Å². The highest BCUT2D eigenvalue weighted by Crippen LogP contribution is 2.21. The summed E-state index contributed by atoms with van der Waals surface area (Å²) in [4.78, 5) is 30.4. The van der Waals surface area contributed by atoms with E-state index in [4.69, 9.17) is 0 Å². The largest absolute Gasteiger partial charge is 0.508 e. The van der Waals surface area contributed by atoms with Gasteiger partial charge in [-0.05, 0) is 61.0 Å². The minimum atomic E-state index is -0.278. The zero-order valence-electron chi connectivity index (χ0n) is 17.9. The number of phenolic OH excluding ortho intramolecular Hbond substituents is 1. The fourth-order valence-corrected chi connectivity index (χ4v) is 4.08. The van der Waals surface area contributed by atoms with Crippen molar-refractivity contribution in [3.8, 4) is 11.4 Å². The van der Waals surface area contributed by atoms with Crippen LogP contribution < -0.4 is 16.4 Å². The van der Waals surface area contributed by atoms with Crippen LogP contribution in [-0.4, -0.2) is 26.3 Å².